The van der Waals surface area contributed by atoms with Crippen molar-refractivity contribution in [1.29, 1.82) is 0 Å². The fraction of sp³-hybridized carbons (Fsp3) is 0.333. The van der Waals surface area contributed by atoms with Crippen molar-refractivity contribution in [3.8, 4) is 22.8 Å². The minimum Gasteiger partial charge on any atom is -0.504 e. The van der Waals surface area contributed by atoms with E-state index in [9.17, 15) is 14.7 Å². The summed E-state index contributed by atoms with van der Waals surface area (Å²) in [7, 11) is 0. The Morgan fingerprint density at radius 1 is 1.29 bits per heavy atom. The number of aromatic hydroxyl groups is 1. The predicted molar refractivity (Wildman–Crippen MR) is 90.8 cm³/mol. The van der Waals surface area contributed by atoms with Crippen LogP contribution in [0.3, 0.4) is 0 Å². The number of H-pyrrole nitrogens is 1. The molecule has 0 saturated heterocycles. The number of pyridine rings is 1. The summed E-state index contributed by atoms with van der Waals surface area (Å²) >= 11 is 0. The lowest BCUT2D eigenvalue weighted by molar-refractivity contribution is 0.0695. The van der Waals surface area contributed by atoms with Gasteiger partial charge in [-0.2, -0.15) is 0 Å². The second-order valence-corrected chi connectivity index (χ2v) is 5.94. The third-order valence-electron chi connectivity index (χ3n) is 3.55. The predicted octanol–water partition coefficient (Wildman–Crippen LogP) is 3.04. The molecule has 6 nitrogen and oxygen atoms in total. The Balaban J connectivity index is 2.59. The molecule has 1 aromatic carbocycles. The number of aromatic amines is 1. The fourth-order valence-electron chi connectivity index (χ4n) is 2.54. The molecule has 0 atom stereocenters. The van der Waals surface area contributed by atoms with Crippen molar-refractivity contribution in [2.75, 3.05) is 6.61 Å². The molecule has 24 heavy (non-hydrogen) atoms. The summed E-state index contributed by atoms with van der Waals surface area (Å²) in [5, 5.41) is 19.1. The second-order valence-electron chi connectivity index (χ2n) is 5.94. The Kier molecular flexibility index (Phi) is 5.28. The van der Waals surface area contributed by atoms with E-state index in [1.165, 1.54) is 18.3 Å². The number of ether oxygens (including phenoxy) is 1. The lowest BCUT2D eigenvalue weighted by Crippen LogP contribution is -2.14. The SMILES string of the molecule is CCOc1cc(CC(C)C)c(-c2cc(=O)c(C(=O)O)c[nH]2)cc1O. The molecular weight excluding hydrogens is 310 g/mol. The van der Waals surface area contributed by atoms with Crippen LogP contribution in [-0.4, -0.2) is 27.8 Å². The van der Waals surface area contributed by atoms with E-state index in [1.54, 1.807) is 6.07 Å². The van der Waals surface area contributed by atoms with Gasteiger partial charge in [0, 0.05) is 23.5 Å². The van der Waals surface area contributed by atoms with Gasteiger partial charge in [0.15, 0.2) is 16.9 Å². The van der Waals surface area contributed by atoms with Crippen LogP contribution in [0.4, 0.5) is 0 Å². The Labute approximate surface area is 139 Å². The molecular formula is C18H21NO5. The van der Waals surface area contributed by atoms with Gasteiger partial charge in [0.25, 0.3) is 0 Å². The molecule has 0 spiro atoms. The van der Waals surface area contributed by atoms with E-state index in [0.29, 0.717) is 29.5 Å². The molecule has 0 aliphatic carbocycles. The van der Waals surface area contributed by atoms with E-state index in [4.69, 9.17) is 9.84 Å². The topological polar surface area (TPSA) is 99.6 Å². The van der Waals surface area contributed by atoms with Crippen LogP contribution in [0.2, 0.25) is 0 Å². The number of aromatic nitrogens is 1. The van der Waals surface area contributed by atoms with Crippen LogP contribution in [0.1, 0.15) is 36.7 Å². The lowest BCUT2D eigenvalue weighted by Gasteiger charge is -2.15. The quantitative estimate of drug-likeness (QED) is 0.755. The summed E-state index contributed by atoms with van der Waals surface area (Å²) in [5.74, 6) is -0.559. The van der Waals surface area contributed by atoms with Gasteiger partial charge in [-0.15, -0.1) is 0 Å². The van der Waals surface area contributed by atoms with Crippen LogP contribution in [0.5, 0.6) is 11.5 Å². The molecule has 0 amide bonds. The maximum absolute atomic E-state index is 12.0. The number of carboxylic acids is 1. The molecule has 0 saturated carbocycles. The smallest absolute Gasteiger partial charge is 0.341 e. The van der Waals surface area contributed by atoms with Crippen LogP contribution in [-0.2, 0) is 6.42 Å². The first-order valence-electron chi connectivity index (χ1n) is 7.78. The average molecular weight is 331 g/mol. The molecule has 0 fully saturated rings. The van der Waals surface area contributed by atoms with Gasteiger partial charge in [-0.3, -0.25) is 4.79 Å². The van der Waals surface area contributed by atoms with Gasteiger partial charge in [-0.1, -0.05) is 13.8 Å². The first kappa shape index (κ1) is 17.6. The van der Waals surface area contributed by atoms with Crippen molar-refractivity contribution in [2.45, 2.75) is 27.2 Å². The molecule has 6 heteroatoms. The number of phenols is 1. The zero-order chi connectivity index (χ0) is 17.9. The van der Waals surface area contributed by atoms with E-state index >= 15 is 0 Å². The Morgan fingerprint density at radius 3 is 2.54 bits per heavy atom. The Bertz CT molecular complexity index is 808. The third kappa shape index (κ3) is 3.76. The van der Waals surface area contributed by atoms with Crippen molar-refractivity contribution in [1.82, 2.24) is 4.98 Å². The largest absolute Gasteiger partial charge is 0.504 e. The highest BCUT2D eigenvalue weighted by Crippen LogP contribution is 2.35. The number of hydrogen-bond acceptors (Lipinski definition) is 4. The fourth-order valence-corrected chi connectivity index (χ4v) is 2.54. The highest BCUT2D eigenvalue weighted by atomic mass is 16.5. The van der Waals surface area contributed by atoms with Crippen LogP contribution in [0.15, 0.2) is 29.2 Å². The Hall–Kier alpha value is -2.76. The lowest BCUT2D eigenvalue weighted by atomic mass is 9.95. The molecule has 128 valence electrons. The van der Waals surface area contributed by atoms with Gasteiger partial charge < -0.3 is 19.9 Å². The van der Waals surface area contributed by atoms with Gasteiger partial charge in [0.2, 0.25) is 0 Å². The summed E-state index contributed by atoms with van der Waals surface area (Å²) in [4.78, 5) is 25.8. The van der Waals surface area contributed by atoms with E-state index < -0.39 is 11.4 Å². The van der Waals surface area contributed by atoms with Gasteiger partial charge in [-0.05, 0) is 37.0 Å². The van der Waals surface area contributed by atoms with Crippen molar-refractivity contribution >= 4 is 5.97 Å². The molecule has 2 rings (SSSR count). The van der Waals surface area contributed by atoms with E-state index in [2.05, 4.69) is 18.8 Å². The normalized spacial score (nSPS) is 10.8. The van der Waals surface area contributed by atoms with Crippen LogP contribution >= 0.6 is 0 Å². The Morgan fingerprint density at radius 2 is 2.00 bits per heavy atom. The van der Waals surface area contributed by atoms with E-state index in [-0.39, 0.29) is 11.3 Å². The minimum absolute atomic E-state index is 0.0254. The summed E-state index contributed by atoms with van der Waals surface area (Å²) in [5.41, 5.74) is 1.11. The minimum atomic E-state index is -1.28. The van der Waals surface area contributed by atoms with Crippen molar-refractivity contribution in [3.63, 3.8) is 0 Å². The summed E-state index contributed by atoms with van der Waals surface area (Å²) in [6.45, 7) is 6.39. The van der Waals surface area contributed by atoms with E-state index in [0.717, 1.165) is 12.0 Å². The number of carbonyl (C=O) groups is 1. The maximum Gasteiger partial charge on any atom is 0.341 e. The number of nitrogens with one attached hydrogen (secondary N) is 1. The first-order chi connectivity index (χ1) is 11.3. The molecule has 0 radical (unpaired) electrons. The first-order valence-corrected chi connectivity index (χ1v) is 7.78. The molecule has 1 heterocycles. The second kappa shape index (κ2) is 7.21. The number of aromatic carboxylic acids is 1. The third-order valence-corrected chi connectivity index (χ3v) is 3.55. The van der Waals surface area contributed by atoms with Crippen LogP contribution < -0.4 is 10.2 Å². The standard InChI is InChI=1S/C18H21NO5/c1-4-24-17-6-11(5-10(2)3)12(7-16(17)21)14-8-15(20)13(9-19-14)18(22)23/h6-10,21H,4-5H2,1-3H3,(H,19,20)(H,22,23). The van der Waals surface area contributed by atoms with Gasteiger partial charge >= 0.3 is 5.97 Å². The van der Waals surface area contributed by atoms with Crippen molar-refractivity contribution in [2.24, 2.45) is 5.92 Å². The van der Waals surface area contributed by atoms with E-state index in [1.807, 2.05) is 6.92 Å². The average Bonchev–Trinajstić information content (AvgIpc) is 2.49. The number of carboxylic acid groups (broad SMARTS) is 1. The molecule has 1 aromatic heterocycles. The summed E-state index contributed by atoms with van der Waals surface area (Å²) in [6.07, 6.45) is 1.89. The molecule has 3 N–H and O–H groups in total. The summed E-state index contributed by atoms with van der Waals surface area (Å²) in [6, 6.07) is 4.54. The highest BCUT2D eigenvalue weighted by molar-refractivity contribution is 5.87. The molecule has 0 bridgehead atoms. The molecule has 0 aliphatic heterocycles. The number of rotatable bonds is 6. The zero-order valence-corrected chi connectivity index (χ0v) is 13.9. The molecule has 0 unspecified atom stereocenters. The molecule has 2 aromatic rings. The number of phenolic OH excluding ortho intramolecular Hbond substituents is 1. The zero-order valence-electron chi connectivity index (χ0n) is 13.9. The highest BCUT2D eigenvalue weighted by Gasteiger charge is 2.16. The van der Waals surface area contributed by atoms with Gasteiger partial charge in [0.1, 0.15) is 5.56 Å². The number of benzene rings is 1. The summed E-state index contributed by atoms with van der Waals surface area (Å²) < 4.78 is 5.42. The molecule has 0 aliphatic rings. The monoisotopic (exact) mass is 331 g/mol. The van der Waals surface area contributed by atoms with Gasteiger partial charge in [-0.25, -0.2) is 4.79 Å². The maximum atomic E-state index is 12.0. The van der Waals surface area contributed by atoms with Crippen molar-refractivity contribution < 1.29 is 19.7 Å². The van der Waals surface area contributed by atoms with Crippen LogP contribution in [0, 0.1) is 5.92 Å². The van der Waals surface area contributed by atoms with Crippen molar-refractivity contribution in [3.05, 3.63) is 45.7 Å². The van der Waals surface area contributed by atoms with Crippen LogP contribution in [0.25, 0.3) is 11.3 Å². The number of hydrogen-bond donors (Lipinski definition) is 3. The van der Waals surface area contributed by atoms with Gasteiger partial charge in [0.05, 0.1) is 6.61 Å².